The molecule has 2 rings (SSSR count). The molecule has 1 atom stereocenters. The van der Waals surface area contributed by atoms with Gasteiger partial charge in [0.2, 0.25) is 0 Å². The lowest BCUT2D eigenvalue weighted by molar-refractivity contribution is 0.0763. The number of carbonyl (C=O) groups is 1. The van der Waals surface area contributed by atoms with E-state index in [1.165, 1.54) is 5.56 Å². The van der Waals surface area contributed by atoms with Crippen molar-refractivity contribution in [3.05, 3.63) is 70.2 Å². The molecule has 0 aliphatic carbocycles. The van der Waals surface area contributed by atoms with Gasteiger partial charge in [-0.25, -0.2) is 0 Å². The second-order valence-corrected chi connectivity index (χ2v) is 6.64. The maximum Gasteiger partial charge on any atom is 0.254 e. The Kier molecular flexibility index (Phi) is 6.86. The highest BCUT2D eigenvalue weighted by atomic mass is 35.5. The molecule has 0 saturated heterocycles. The molecule has 1 unspecified atom stereocenters. The maximum atomic E-state index is 12.9. The van der Waals surface area contributed by atoms with Crippen molar-refractivity contribution in [2.45, 2.75) is 39.5 Å². The van der Waals surface area contributed by atoms with Crippen LogP contribution in [0.25, 0.3) is 0 Å². The molecular formula is C21H26ClNO. The Balaban J connectivity index is 2.22. The Hall–Kier alpha value is -1.80. The first kappa shape index (κ1) is 18.5. The molecular weight excluding hydrogens is 318 g/mol. The molecule has 0 N–H and O–H groups in total. The molecule has 2 aromatic rings. The molecule has 0 radical (unpaired) electrons. The van der Waals surface area contributed by atoms with Crippen molar-refractivity contribution in [2.24, 2.45) is 0 Å². The van der Waals surface area contributed by atoms with Crippen molar-refractivity contribution in [3.8, 4) is 0 Å². The minimum atomic E-state index is 0.137. The summed E-state index contributed by atoms with van der Waals surface area (Å²) < 4.78 is 0. The van der Waals surface area contributed by atoms with Crippen molar-refractivity contribution in [2.75, 3.05) is 13.1 Å². The third-order valence-corrected chi connectivity index (χ3v) is 4.63. The molecule has 0 bridgehead atoms. The average molecular weight is 344 g/mol. The van der Waals surface area contributed by atoms with Crippen LogP contribution in [0.2, 0.25) is 5.02 Å². The monoisotopic (exact) mass is 343 g/mol. The van der Waals surface area contributed by atoms with E-state index < -0.39 is 0 Å². The summed E-state index contributed by atoms with van der Waals surface area (Å²) in [5.41, 5.74) is 3.18. The van der Waals surface area contributed by atoms with Crippen molar-refractivity contribution in [3.63, 3.8) is 0 Å². The maximum absolute atomic E-state index is 12.9. The quantitative estimate of drug-likeness (QED) is 0.644. The first-order valence-corrected chi connectivity index (χ1v) is 9.07. The number of carbonyl (C=O) groups excluding carboxylic acids is 1. The molecule has 0 aromatic heterocycles. The van der Waals surface area contributed by atoms with Gasteiger partial charge in [-0.05, 0) is 55.0 Å². The highest BCUT2D eigenvalue weighted by Gasteiger charge is 2.18. The largest absolute Gasteiger partial charge is 0.339 e. The van der Waals surface area contributed by atoms with Crippen LogP contribution in [0.15, 0.2) is 48.5 Å². The molecule has 0 aliphatic heterocycles. The fraction of sp³-hybridized carbons (Fsp3) is 0.381. The summed E-state index contributed by atoms with van der Waals surface area (Å²) in [6.45, 7) is 7.87. The Morgan fingerprint density at radius 1 is 1.08 bits per heavy atom. The van der Waals surface area contributed by atoms with Gasteiger partial charge in [0.05, 0.1) is 0 Å². The van der Waals surface area contributed by atoms with Crippen LogP contribution in [0.1, 0.15) is 54.6 Å². The van der Waals surface area contributed by atoms with E-state index in [1.807, 2.05) is 42.2 Å². The van der Waals surface area contributed by atoms with E-state index in [0.29, 0.717) is 5.92 Å². The molecule has 3 heteroatoms. The van der Waals surface area contributed by atoms with E-state index in [0.717, 1.165) is 42.1 Å². The zero-order chi connectivity index (χ0) is 17.5. The van der Waals surface area contributed by atoms with Gasteiger partial charge in [0.25, 0.3) is 5.91 Å². The molecule has 0 spiro atoms. The summed E-state index contributed by atoms with van der Waals surface area (Å²) in [6, 6.07) is 15.9. The van der Waals surface area contributed by atoms with Crippen LogP contribution in [0, 0.1) is 0 Å². The van der Waals surface area contributed by atoms with Crippen LogP contribution < -0.4 is 0 Å². The normalized spacial score (nSPS) is 12.0. The van der Waals surface area contributed by atoms with Crippen molar-refractivity contribution >= 4 is 17.5 Å². The molecule has 1 amide bonds. The minimum Gasteiger partial charge on any atom is -0.339 e. The number of hydrogen-bond donors (Lipinski definition) is 0. The van der Waals surface area contributed by atoms with Crippen LogP contribution >= 0.6 is 11.6 Å². The fourth-order valence-corrected chi connectivity index (χ4v) is 3.12. The summed E-state index contributed by atoms with van der Waals surface area (Å²) in [6.07, 6.45) is 1.82. The van der Waals surface area contributed by atoms with Crippen LogP contribution in [0.4, 0.5) is 0 Å². The lowest BCUT2D eigenvalue weighted by Crippen LogP contribution is -2.32. The Labute approximate surface area is 150 Å². The van der Waals surface area contributed by atoms with E-state index in [1.54, 1.807) is 0 Å². The molecule has 128 valence electrons. The van der Waals surface area contributed by atoms with Crippen molar-refractivity contribution in [1.29, 1.82) is 0 Å². The second-order valence-electron chi connectivity index (χ2n) is 6.20. The first-order valence-electron chi connectivity index (χ1n) is 8.69. The highest BCUT2D eigenvalue weighted by molar-refractivity contribution is 6.30. The Bertz CT molecular complexity index is 666. The van der Waals surface area contributed by atoms with Gasteiger partial charge in [-0.2, -0.15) is 0 Å². The van der Waals surface area contributed by atoms with Crippen LogP contribution in [-0.2, 0) is 6.42 Å². The molecule has 0 aliphatic rings. The van der Waals surface area contributed by atoms with Gasteiger partial charge in [-0.1, -0.05) is 55.8 Å². The van der Waals surface area contributed by atoms with E-state index >= 15 is 0 Å². The number of amides is 1. The Morgan fingerprint density at radius 2 is 1.75 bits per heavy atom. The van der Waals surface area contributed by atoms with E-state index in [9.17, 15) is 4.79 Å². The number of nitrogens with zero attached hydrogens (tertiary/aromatic N) is 1. The molecule has 2 aromatic carbocycles. The SMILES string of the molecule is CCCN(CC)C(=O)c1ccccc1CC(C)c1ccc(Cl)cc1. The van der Waals surface area contributed by atoms with E-state index in [2.05, 4.69) is 32.0 Å². The predicted octanol–water partition coefficient (Wildman–Crippen LogP) is 5.56. The predicted molar refractivity (Wildman–Crippen MR) is 102 cm³/mol. The van der Waals surface area contributed by atoms with Crippen molar-refractivity contribution < 1.29 is 4.79 Å². The van der Waals surface area contributed by atoms with Crippen LogP contribution in [0.5, 0.6) is 0 Å². The summed E-state index contributed by atoms with van der Waals surface area (Å²) in [4.78, 5) is 14.8. The van der Waals surface area contributed by atoms with Gasteiger partial charge in [0.15, 0.2) is 0 Å². The zero-order valence-electron chi connectivity index (χ0n) is 14.8. The zero-order valence-corrected chi connectivity index (χ0v) is 15.5. The third kappa shape index (κ3) is 4.61. The molecule has 0 fully saturated rings. The second kappa shape index (κ2) is 8.89. The van der Waals surface area contributed by atoms with Crippen molar-refractivity contribution in [1.82, 2.24) is 4.90 Å². The number of benzene rings is 2. The van der Waals surface area contributed by atoms with Gasteiger partial charge < -0.3 is 4.90 Å². The molecule has 2 nitrogen and oxygen atoms in total. The summed E-state index contributed by atoms with van der Waals surface area (Å²) >= 11 is 5.97. The molecule has 0 saturated carbocycles. The number of halogens is 1. The first-order chi connectivity index (χ1) is 11.6. The van der Waals surface area contributed by atoms with E-state index in [4.69, 9.17) is 11.6 Å². The van der Waals surface area contributed by atoms with E-state index in [-0.39, 0.29) is 5.91 Å². The van der Waals surface area contributed by atoms with Crippen LogP contribution in [0.3, 0.4) is 0 Å². The fourth-order valence-electron chi connectivity index (χ4n) is 2.99. The lowest BCUT2D eigenvalue weighted by atomic mass is 9.91. The summed E-state index contributed by atoms with van der Waals surface area (Å²) in [5.74, 6) is 0.468. The highest BCUT2D eigenvalue weighted by Crippen LogP contribution is 2.24. The number of hydrogen-bond acceptors (Lipinski definition) is 1. The molecule has 24 heavy (non-hydrogen) atoms. The smallest absolute Gasteiger partial charge is 0.254 e. The summed E-state index contributed by atoms with van der Waals surface area (Å²) in [7, 11) is 0. The average Bonchev–Trinajstić information content (AvgIpc) is 2.60. The van der Waals surface area contributed by atoms with Gasteiger partial charge in [-0.3, -0.25) is 4.79 Å². The standard InChI is InChI=1S/C21H26ClNO/c1-4-14-23(5-2)21(24)20-9-7-6-8-18(20)15-16(3)17-10-12-19(22)13-11-17/h6-13,16H,4-5,14-15H2,1-3H3. The molecule has 0 heterocycles. The van der Waals surface area contributed by atoms with Gasteiger partial charge in [0, 0.05) is 23.7 Å². The van der Waals surface area contributed by atoms with Gasteiger partial charge in [-0.15, -0.1) is 0 Å². The Morgan fingerprint density at radius 3 is 2.38 bits per heavy atom. The van der Waals surface area contributed by atoms with Gasteiger partial charge >= 0.3 is 0 Å². The summed E-state index contributed by atoms with van der Waals surface area (Å²) in [5, 5.41) is 0.750. The third-order valence-electron chi connectivity index (χ3n) is 4.38. The lowest BCUT2D eigenvalue weighted by Gasteiger charge is -2.22. The van der Waals surface area contributed by atoms with Crippen LogP contribution in [-0.4, -0.2) is 23.9 Å². The van der Waals surface area contributed by atoms with Gasteiger partial charge in [0.1, 0.15) is 0 Å². The minimum absolute atomic E-state index is 0.137. The topological polar surface area (TPSA) is 20.3 Å². The number of rotatable bonds is 7.